The maximum Gasteiger partial charge on any atom is 0.328 e. The van der Waals surface area contributed by atoms with Crippen molar-refractivity contribution < 1.29 is 29.4 Å². The number of carbonyl (C=O) groups is 4. The monoisotopic (exact) mass is 605 g/mol. The van der Waals surface area contributed by atoms with Crippen LogP contribution in [-0.2, 0) is 27.5 Å². The van der Waals surface area contributed by atoms with E-state index < -0.39 is 11.9 Å². The number of amides is 1. The third kappa shape index (κ3) is 10.7. The predicted octanol–water partition coefficient (Wildman–Crippen LogP) is 3.79. The number of para-hydroxylation sites is 2. The lowest BCUT2D eigenvalue weighted by Gasteiger charge is -2.35. The molecule has 3 aromatic rings. The number of aliphatic carboxylic acids is 2. The van der Waals surface area contributed by atoms with E-state index in [1.807, 2.05) is 53.4 Å². The summed E-state index contributed by atoms with van der Waals surface area (Å²) in [6.07, 6.45) is 3.55. The number of carboxylic acid groups (broad SMARTS) is 2. The van der Waals surface area contributed by atoms with E-state index in [2.05, 4.69) is 34.3 Å². The quantitative estimate of drug-likeness (QED) is 0.208. The second-order valence-electron chi connectivity index (χ2n) is 10.7. The molecule has 0 bridgehead atoms. The molecule has 1 aliphatic rings. The van der Waals surface area contributed by atoms with Gasteiger partial charge in [-0.15, -0.1) is 0 Å². The zero-order valence-electron chi connectivity index (χ0n) is 25.6. The fourth-order valence-corrected chi connectivity index (χ4v) is 5.12. The van der Waals surface area contributed by atoms with Crippen molar-refractivity contribution in [1.29, 1.82) is 0 Å². The number of imidazole rings is 1. The molecule has 11 nitrogen and oxygen atoms in total. The van der Waals surface area contributed by atoms with Crippen LogP contribution in [0.3, 0.4) is 0 Å². The molecule has 2 N–H and O–H groups in total. The number of Topliss-reactive ketones (excluding diaryl/α,β-unsaturated/α-hetero) is 1. The van der Waals surface area contributed by atoms with E-state index in [0.717, 1.165) is 81.1 Å². The molecule has 1 aromatic heterocycles. The summed E-state index contributed by atoms with van der Waals surface area (Å²) in [6.45, 7) is 11.4. The summed E-state index contributed by atoms with van der Waals surface area (Å²) in [5.74, 6) is -1.12. The first-order valence-electron chi connectivity index (χ1n) is 15.1. The van der Waals surface area contributed by atoms with E-state index in [1.165, 1.54) is 0 Å². The number of hydrogen-bond acceptors (Lipinski definition) is 7. The first kappa shape index (κ1) is 34.1. The molecule has 1 aliphatic heterocycles. The van der Waals surface area contributed by atoms with Crippen molar-refractivity contribution in [2.24, 2.45) is 0 Å². The normalized spacial score (nSPS) is 13.9. The minimum absolute atomic E-state index is 0.151. The summed E-state index contributed by atoms with van der Waals surface area (Å²) >= 11 is 0. The van der Waals surface area contributed by atoms with Crippen molar-refractivity contribution in [3.63, 3.8) is 0 Å². The third-order valence-electron chi connectivity index (χ3n) is 7.29. The Morgan fingerprint density at radius 1 is 0.818 bits per heavy atom. The highest BCUT2D eigenvalue weighted by Gasteiger charge is 2.23. The minimum Gasteiger partial charge on any atom is -0.478 e. The maximum absolute atomic E-state index is 12.8. The van der Waals surface area contributed by atoms with Crippen LogP contribution in [0.2, 0.25) is 0 Å². The molecular weight excluding hydrogens is 562 g/mol. The zero-order chi connectivity index (χ0) is 31.9. The van der Waals surface area contributed by atoms with Crippen LogP contribution in [-0.4, -0.2) is 104 Å². The topological polar surface area (TPSA) is 136 Å². The zero-order valence-corrected chi connectivity index (χ0v) is 25.6. The van der Waals surface area contributed by atoms with Gasteiger partial charge in [0.1, 0.15) is 5.82 Å². The number of benzene rings is 2. The molecule has 1 amide bonds. The van der Waals surface area contributed by atoms with E-state index in [9.17, 15) is 19.2 Å². The molecule has 1 fully saturated rings. The Balaban J connectivity index is 0.000000583. The number of aryl methyl sites for hydroxylation is 1. The van der Waals surface area contributed by atoms with Crippen molar-refractivity contribution in [2.75, 3.05) is 45.8 Å². The number of aromatic nitrogens is 2. The van der Waals surface area contributed by atoms with Gasteiger partial charge in [0.05, 0.1) is 24.1 Å². The Hall–Kier alpha value is -4.35. The van der Waals surface area contributed by atoms with Crippen molar-refractivity contribution in [2.45, 2.75) is 46.2 Å². The number of nitrogens with zero attached hydrogens (tertiary/aromatic N) is 5. The van der Waals surface area contributed by atoms with Crippen molar-refractivity contribution >= 4 is 34.7 Å². The van der Waals surface area contributed by atoms with Gasteiger partial charge in [0, 0.05) is 69.9 Å². The van der Waals surface area contributed by atoms with E-state index in [-0.39, 0.29) is 11.7 Å². The summed E-state index contributed by atoms with van der Waals surface area (Å²) in [4.78, 5) is 56.2. The van der Waals surface area contributed by atoms with Crippen LogP contribution < -0.4 is 0 Å². The molecule has 4 rings (SSSR count). The Bertz CT molecular complexity index is 1390. The van der Waals surface area contributed by atoms with Gasteiger partial charge in [-0.3, -0.25) is 19.4 Å². The summed E-state index contributed by atoms with van der Waals surface area (Å²) in [6, 6.07) is 17.7. The van der Waals surface area contributed by atoms with Crippen LogP contribution in [0.25, 0.3) is 11.0 Å². The van der Waals surface area contributed by atoms with E-state index in [0.29, 0.717) is 31.7 Å². The minimum atomic E-state index is -1.26. The summed E-state index contributed by atoms with van der Waals surface area (Å²) in [5, 5.41) is 15.6. The van der Waals surface area contributed by atoms with Gasteiger partial charge in [-0.05, 0) is 25.0 Å². The fraction of sp³-hybridized carbons (Fsp3) is 0.424. The highest BCUT2D eigenvalue weighted by molar-refractivity contribution is 5.96. The summed E-state index contributed by atoms with van der Waals surface area (Å²) < 4.78 is 2.21. The van der Waals surface area contributed by atoms with E-state index in [1.54, 1.807) is 0 Å². The lowest BCUT2D eigenvalue weighted by molar-refractivity contribution is -0.134. The average Bonchev–Trinajstić information content (AvgIpc) is 3.37. The molecule has 11 heteroatoms. The predicted molar refractivity (Wildman–Crippen MR) is 168 cm³/mol. The fourth-order valence-electron chi connectivity index (χ4n) is 5.12. The number of piperazine rings is 1. The van der Waals surface area contributed by atoms with E-state index >= 15 is 0 Å². The van der Waals surface area contributed by atoms with Gasteiger partial charge in [0.25, 0.3) is 0 Å². The van der Waals surface area contributed by atoms with Crippen LogP contribution in [0.1, 0.15) is 49.3 Å². The second-order valence-corrected chi connectivity index (χ2v) is 10.7. The highest BCUT2D eigenvalue weighted by atomic mass is 16.4. The van der Waals surface area contributed by atoms with Crippen LogP contribution in [0.4, 0.5) is 0 Å². The lowest BCUT2D eigenvalue weighted by Crippen LogP contribution is -2.50. The largest absolute Gasteiger partial charge is 0.478 e. The molecule has 1 saturated heterocycles. The van der Waals surface area contributed by atoms with Crippen molar-refractivity contribution in [3.05, 3.63) is 78.1 Å². The Morgan fingerprint density at radius 2 is 1.39 bits per heavy atom. The number of carboxylic acids is 2. The Labute approximate surface area is 258 Å². The number of fused-ring (bicyclic) bond motifs is 1. The lowest BCUT2D eigenvalue weighted by atomic mass is 10.1. The first-order chi connectivity index (χ1) is 21.2. The summed E-state index contributed by atoms with van der Waals surface area (Å²) in [5.41, 5.74) is 2.80. The maximum atomic E-state index is 12.8. The Morgan fingerprint density at radius 3 is 1.98 bits per heavy atom. The molecule has 236 valence electrons. The third-order valence-corrected chi connectivity index (χ3v) is 7.29. The molecule has 0 radical (unpaired) electrons. The number of hydrogen-bond donors (Lipinski definition) is 2. The van der Waals surface area contributed by atoms with Crippen LogP contribution in [0.15, 0.2) is 66.7 Å². The first-order valence-corrected chi connectivity index (χ1v) is 15.1. The van der Waals surface area contributed by atoms with E-state index in [4.69, 9.17) is 15.2 Å². The number of ketones is 1. The van der Waals surface area contributed by atoms with Gasteiger partial charge >= 0.3 is 11.9 Å². The molecule has 0 spiro atoms. The van der Waals surface area contributed by atoms with Crippen LogP contribution in [0.5, 0.6) is 0 Å². The van der Waals surface area contributed by atoms with Crippen molar-refractivity contribution in [1.82, 2.24) is 24.3 Å². The Kier molecular flexibility index (Phi) is 13.7. The summed E-state index contributed by atoms with van der Waals surface area (Å²) in [7, 11) is 0. The molecule has 0 saturated carbocycles. The number of rotatable bonds is 14. The van der Waals surface area contributed by atoms with Crippen LogP contribution in [0, 0.1) is 0 Å². The molecule has 0 unspecified atom stereocenters. The molecular formula is C33H43N5O6. The van der Waals surface area contributed by atoms with Gasteiger partial charge in [-0.1, -0.05) is 56.3 Å². The highest BCUT2D eigenvalue weighted by Crippen LogP contribution is 2.19. The second kappa shape index (κ2) is 17.7. The molecule has 2 heterocycles. The van der Waals surface area contributed by atoms with Crippen molar-refractivity contribution in [3.8, 4) is 0 Å². The standard InChI is InChI=1S/C29H39N5O2.C4H4O4/c1-3-15-33(16-4-2)29(36)23-32-20-18-31(19-21-32)22-28-30-25-12-8-9-13-26(25)34(28)17-14-27(35)24-10-6-5-7-11-24;5-3(6)1-2-4(7)8/h5-13H,3-4,14-23H2,1-2H3;1-2H,(H,5,6)(H,7,8)/b;2-1-. The molecule has 0 aliphatic carbocycles. The molecule has 0 atom stereocenters. The van der Waals surface area contributed by atoms with Gasteiger partial charge in [-0.25, -0.2) is 14.6 Å². The van der Waals surface area contributed by atoms with Crippen LogP contribution >= 0.6 is 0 Å². The van der Waals surface area contributed by atoms with Gasteiger partial charge in [0.15, 0.2) is 5.78 Å². The molecule has 44 heavy (non-hydrogen) atoms. The smallest absolute Gasteiger partial charge is 0.328 e. The van der Waals surface area contributed by atoms with Gasteiger partial charge in [0.2, 0.25) is 5.91 Å². The average molecular weight is 606 g/mol. The van der Waals surface area contributed by atoms with Gasteiger partial charge in [-0.2, -0.15) is 0 Å². The molecule has 2 aromatic carbocycles. The van der Waals surface area contributed by atoms with Gasteiger partial charge < -0.3 is 19.7 Å². The number of carbonyl (C=O) groups excluding carboxylic acids is 2. The SMILES string of the molecule is CCCN(CCC)C(=O)CN1CCN(Cc2nc3ccccc3n2CCC(=O)c2ccccc2)CC1.O=C(O)/C=C\C(=O)O.